The molecule has 6 heteroatoms. The fourth-order valence-corrected chi connectivity index (χ4v) is 4.14. The van der Waals surface area contributed by atoms with Crippen LogP contribution in [0.1, 0.15) is 22.3 Å². The molecule has 1 aromatic carbocycles. The number of rotatable bonds is 2. The molecule has 0 aliphatic carbocycles. The Labute approximate surface area is 125 Å². The van der Waals surface area contributed by atoms with Gasteiger partial charge in [-0.3, -0.25) is 4.79 Å². The first kappa shape index (κ1) is 15.5. The summed E-state index contributed by atoms with van der Waals surface area (Å²) < 4.78 is 23.1. The lowest BCUT2D eigenvalue weighted by molar-refractivity contribution is 0.0747. The lowest BCUT2D eigenvalue weighted by Gasteiger charge is -2.24. The monoisotopic (exact) mass is 306 g/mol. The summed E-state index contributed by atoms with van der Waals surface area (Å²) in [7, 11) is -1.38. The molecule has 1 aliphatic heterocycles. The summed E-state index contributed by atoms with van der Waals surface area (Å²) in [5.41, 5.74) is 6.44. The van der Waals surface area contributed by atoms with Crippen LogP contribution in [-0.2, 0) is 9.84 Å². The van der Waals surface area contributed by atoms with Gasteiger partial charge in [0.25, 0.3) is 5.91 Å². The number of sulfone groups is 1. The molecule has 2 rings (SSSR count). The first-order valence-corrected chi connectivity index (χ1v) is 8.52. The van der Waals surface area contributed by atoms with Crippen LogP contribution in [0.2, 0.25) is 0 Å². The summed E-state index contributed by atoms with van der Waals surface area (Å²) >= 11 is 0. The van der Waals surface area contributed by atoms with Crippen LogP contribution in [0, 0.1) is 11.8 Å². The Bertz CT molecular complexity index is 701. The molecule has 1 aromatic rings. The number of amides is 1. The molecule has 1 heterocycles. The molecular formula is C15H18N2O3S. The lowest BCUT2D eigenvalue weighted by Crippen LogP contribution is -2.38. The topological polar surface area (TPSA) is 80.5 Å². The van der Waals surface area contributed by atoms with E-state index in [9.17, 15) is 13.2 Å². The van der Waals surface area contributed by atoms with Crippen LogP contribution in [0.15, 0.2) is 24.3 Å². The second-order valence-electron chi connectivity index (χ2n) is 5.02. The van der Waals surface area contributed by atoms with Crippen LogP contribution in [0.3, 0.4) is 0 Å². The Balaban J connectivity index is 2.24. The van der Waals surface area contributed by atoms with Crippen LogP contribution < -0.4 is 5.73 Å². The van der Waals surface area contributed by atoms with Crippen molar-refractivity contribution in [1.29, 1.82) is 0 Å². The van der Waals surface area contributed by atoms with Crippen LogP contribution in [0.25, 0.3) is 0 Å². The van der Waals surface area contributed by atoms with Gasteiger partial charge in [0.1, 0.15) is 0 Å². The average Bonchev–Trinajstić information content (AvgIpc) is 2.84. The van der Waals surface area contributed by atoms with E-state index in [1.165, 1.54) is 4.90 Å². The predicted molar refractivity (Wildman–Crippen MR) is 81.5 cm³/mol. The smallest absolute Gasteiger partial charge is 0.255 e. The molecule has 112 valence electrons. The molecule has 0 radical (unpaired) electrons. The molecule has 1 fully saturated rings. The van der Waals surface area contributed by atoms with Crippen LogP contribution in [0.5, 0.6) is 0 Å². The van der Waals surface area contributed by atoms with E-state index >= 15 is 0 Å². The van der Waals surface area contributed by atoms with E-state index in [0.29, 0.717) is 17.5 Å². The minimum Gasteiger partial charge on any atom is -0.338 e. The second kappa shape index (κ2) is 6.29. The third kappa shape index (κ3) is 3.63. The summed E-state index contributed by atoms with van der Waals surface area (Å²) in [6.45, 7) is 0.221. The summed E-state index contributed by atoms with van der Waals surface area (Å²) in [5.74, 6) is 5.57. The van der Waals surface area contributed by atoms with Gasteiger partial charge in [-0.05, 0) is 18.6 Å². The highest BCUT2D eigenvalue weighted by atomic mass is 32.2. The van der Waals surface area contributed by atoms with Crippen molar-refractivity contribution in [2.75, 3.05) is 25.1 Å². The van der Waals surface area contributed by atoms with Gasteiger partial charge in [-0.25, -0.2) is 8.42 Å². The van der Waals surface area contributed by atoms with Crippen molar-refractivity contribution in [2.45, 2.75) is 12.5 Å². The molecule has 1 saturated heterocycles. The SMILES string of the molecule is CN(C(=O)c1ccccc1C#CCN)C1CCS(=O)(=O)C1. The van der Waals surface area contributed by atoms with E-state index in [2.05, 4.69) is 11.8 Å². The maximum Gasteiger partial charge on any atom is 0.255 e. The van der Waals surface area contributed by atoms with Crippen molar-refractivity contribution in [1.82, 2.24) is 4.90 Å². The Morgan fingerprint density at radius 3 is 2.76 bits per heavy atom. The number of hydrogen-bond acceptors (Lipinski definition) is 4. The van der Waals surface area contributed by atoms with Crippen molar-refractivity contribution in [3.8, 4) is 11.8 Å². The molecular weight excluding hydrogens is 288 g/mol. The van der Waals surface area contributed by atoms with Gasteiger partial charge < -0.3 is 10.6 Å². The van der Waals surface area contributed by atoms with Crippen LogP contribution in [-0.4, -0.2) is 50.4 Å². The Morgan fingerprint density at radius 1 is 1.43 bits per heavy atom. The number of carbonyl (C=O) groups excluding carboxylic acids is 1. The Hall–Kier alpha value is -1.84. The minimum absolute atomic E-state index is 0.0336. The quantitative estimate of drug-likeness (QED) is 0.795. The molecule has 0 spiro atoms. The van der Waals surface area contributed by atoms with Crippen molar-refractivity contribution in [3.63, 3.8) is 0 Å². The molecule has 1 unspecified atom stereocenters. The lowest BCUT2D eigenvalue weighted by atomic mass is 10.1. The van der Waals surface area contributed by atoms with Gasteiger partial charge in [-0.1, -0.05) is 24.0 Å². The highest BCUT2D eigenvalue weighted by Gasteiger charge is 2.33. The number of carbonyl (C=O) groups is 1. The highest BCUT2D eigenvalue weighted by molar-refractivity contribution is 7.91. The third-order valence-corrected chi connectivity index (χ3v) is 5.31. The predicted octanol–water partition coefficient (Wildman–Crippen LogP) is 0.256. The third-order valence-electron chi connectivity index (χ3n) is 3.56. The van der Waals surface area contributed by atoms with E-state index in [1.807, 2.05) is 0 Å². The van der Waals surface area contributed by atoms with Gasteiger partial charge >= 0.3 is 0 Å². The van der Waals surface area contributed by atoms with E-state index in [1.54, 1.807) is 31.3 Å². The molecule has 2 N–H and O–H groups in total. The maximum absolute atomic E-state index is 12.6. The van der Waals surface area contributed by atoms with Gasteiger partial charge in [0, 0.05) is 18.7 Å². The molecule has 0 saturated carbocycles. The van der Waals surface area contributed by atoms with E-state index in [-0.39, 0.29) is 30.0 Å². The van der Waals surface area contributed by atoms with Crippen LogP contribution in [0.4, 0.5) is 0 Å². The number of nitrogens with two attached hydrogens (primary N) is 1. The van der Waals surface area contributed by atoms with Gasteiger partial charge in [-0.15, -0.1) is 0 Å². The van der Waals surface area contributed by atoms with Crippen molar-refractivity contribution in [3.05, 3.63) is 35.4 Å². The zero-order valence-electron chi connectivity index (χ0n) is 11.9. The van der Waals surface area contributed by atoms with Gasteiger partial charge in [-0.2, -0.15) is 0 Å². The Kier molecular flexibility index (Phi) is 4.66. The summed E-state index contributed by atoms with van der Waals surface area (Å²) in [6.07, 6.45) is 0.487. The standard InChI is InChI=1S/C15H18N2O3S/c1-17(13-8-10-21(19,20)11-13)15(18)14-7-3-2-5-12(14)6-4-9-16/h2-3,5,7,13H,8-11,16H2,1H3. The number of benzene rings is 1. The second-order valence-corrected chi connectivity index (χ2v) is 7.25. The van der Waals surface area contributed by atoms with E-state index < -0.39 is 9.84 Å². The largest absolute Gasteiger partial charge is 0.338 e. The fourth-order valence-electron chi connectivity index (χ4n) is 2.36. The van der Waals surface area contributed by atoms with E-state index in [0.717, 1.165) is 0 Å². The maximum atomic E-state index is 12.6. The molecule has 5 nitrogen and oxygen atoms in total. The van der Waals surface area contributed by atoms with Crippen LogP contribution >= 0.6 is 0 Å². The first-order valence-electron chi connectivity index (χ1n) is 6.70. The zero-order chi connectivity index (χ0) is 15.5. The first-order chi connectivity index (χ1) is 9.94. The van der Waals surface area contributed by atoms with Gasteiger partial charge in [0.15, 0.2) is 9.84 Å². The summed E-state index contributed by atoms with van der Waals surface area (Å²) in [6, 6.07) is 6.76. The molecule has 21 heavy (non-hydrogen) atoms. The summed E-state index contributed by atoms with van der Waals surface area (Å²) in [5, 5.41) is 0. The van der Waals surface area contributed by atoms with Crippen molar-refractivity contribution in [2.24, 2.45) is 5.73 Å². The van der Waals surface area contributed by atoms with Crippen molar-refractivity contribution < 1.29 is 13.2 Å². The van der Waals surface area contributed by atoms with Gasteiger partial charge in [0.05, 0.1) is 23.6 Å². The normalized spacial score (nSPS) is 19.6. The fraction of sp³-hybridized carbons (Fsp3) is 0.400. The van der Waals surface area contributed by atoms with Crippen molar-refractivity contribution >= 4 is 15.7 Å². The highest BCUT2D eigenvalue weighted by Crippen LogP contribution is 2.19. The van der Waals surface area contributed by atoms with Gasteiger partial charge in [0.2, 0.25) is 0 Å². The zero-order valence-corrected chi connectivity index (χ0v) is 12.7. The number of nitrogens with zero attached hydrogens (tertiary/aromatic N) is 1. The molecule has 1 amide bonds. The molecule has 0 aromatic heterocycles. The number of hydrogen-bond donors (Lipinski definition) is 1. The van der Waals surface area contributed by atoms with E-state index in [4.69, 9.17) is 5.73 Å². The summed E-state index contributed by atoms with van der Waals surface area (Å²) in [4.78, 5) is 14.1. The molecule has 0 bridgehead atoms. The Morgan fingerprint density at radius 2 is 2.14 bits per heavy atom. The molecule has 1 aliphatic rings. The molecule has 1 atom stereocenters. The average molecular weight is 306 g/mol. The minimum atomic E-state index is -3.02.